The topological polar surface area (TPSA) is 56.3 Å². The molecule has 1 heterocycles. The van der Waals surface area contributed by atoms with E-state index in [1.54, 1.807) is 6.07 Å². The Morgan fingerprint density at radius 1 is 1.16 bits per heavy atom. The molecule has 0 bridgehead atoms. The first-order valence-electron chi connectivity index (χ1n) is 6.80. The van der Waals surface area contributed by atoms with E-state index >= 15 is 0 Å². The van der Waals surface area contributed by atoms with Crippen LogP contribution >= 0.6 is 0 Å². The van der Waals surface area contributed by atoms with Crippen LogP contribution in [0.1, 0.15) is 39.4 Å². The summed E-state index contributed by atoms with van der Waals surface area (Å²) < 4.78 is 11.1. The molecule has 1 aromatic heterocycles. The van der Waals surface area contributed by atoms with Crippen LogP contribution in [0.3, 0.4) is 0 Å². The summed E-state index contributed by atoms with van der Waals surface area (Å²) in [5.74, 6) is 2.97. The summed E-state index contributed by atoms with van der Waals surface area (Å²) in [6, 6.07) is 1.80. The van der Waals surface area contributed by atoms with Gasteiger partial charge in [-0.2, -0.15) is 4.98 Å². The molecule has 0 spiro atoms. The van der Waals surface area contributed by atoms with E-state index in [1.807, 2.05) is 7.05 Å². The zero-order chi connectivity index (χ0) is 14.3. The molecular weight excluding hydrogens is 242 g/mol. The number of nitrogens with zero attached hydrogens (tertiary/aromatic N) is 2. The lowest BCUT2D eigenvalue weighted by Gasteiger charge is -2.11. The molecule has 0 aliphatic rings. The van der Waals surface area contributed by atoms with Gasteiger partial charge in [-0.3, -0.25) is 0 Å². The van der Waals surface area contributed by atoms with E-state index in [9.17, 15) is 0 Å². The lowest BCUT2D eigenvalue weighted by Crippen LogP contribution is -2.12. The highest BCUT2D eigenvalue weighted by molar-refractivity contribution is 5.38. The molecule has 0 aliphatic carbocycles. The fourth-order valence-corrected chi connectivity index (χ4v) is 1.43. The van der Waals surface area contributed by atoms with Crippen molar-refractivity contribution in [3.8, 4) is 5.88 Å². The van der Waals surface area contributed by atoms with Crippen LogP contribution in [0.5, 0.6) is 5.88 Å². The van der Waals surface area contributed by atoms with Gasteiger partial charge in [-0.05, 0) is 5.92 Å². The van der Waals surface area contributed by atoms with Crippen molar-refractivity contribution in [2.75, 3.05) is 32.2 Å². The zero-order valence-electron chi connectivity index (χ0n) is 12.6. The first kappa shape index (κ1) is 15.7. The predicted octanol–water partition coefficient (Wildman–Crippen LogP) is 2.69. The third-order valence-electron chi connectivity index (χ3n) is 2.42. The molecule has 1 rings (SSSR count). The normalized spacial score (nSPS) is 11.1. The summed E-state index contributed by atoms with van der Waals surface area (Å²) in [4.78, 5) is 8.77. The fraction of sp³-hybridized carbons (Fsp3) is 0.714. The van der Waals surface area contributed by atoms with Gasteiger partial charge < -0.3 is 14.8 Å². The van der Waals surface area contributed by atoms with Crippen molar-refractivity contribution in [3.63, 3.8) is 0 Å². The Labute approximate surface area is 115 Å². The molecular formula is C14H25N3O2. The number of aromatic nitrogens is 2. The van der Waals surface area contributed by atoms with E-state index in [2.05, 4.69) is 43.0 Å². The molecule has 0 fully saturated rings. The number of hydrogen-bond acceptors (Lipinski definition) is 5. The SMILES string of the molecule is CNc1cc(OCCOCC(C)C)nc(C(C)C)n1. The Balaban J connectivity index is 2.50. The van der Waals surface area contributed by atoms with Gasteiger partial charge in [0.15, 0.2) is 0 Å². The Bertz CT molecular complexity index is 381. The number of anilines is 1. The van der Waals surface area contributed by atoms with Crippen molar-refractivity contribution >= 4 is 5.82 Å². The van der Waals surface area contributed by atoms with Crippen LogP contribution in [0.15, 0.2) is 6.07 Å². The fourth-order valence-electron chi connectivity index (χ4n) is 1.43. The average Bonchev–Trinajstić information content (AvgIpc) is 2.37. The van der Waals surface area contributed by atoms with E-state index in [0.717, 1.165) is 18.2 Å². The molecule has 108 valence electrons. The molecule has 0 unspecified atom stereocenters. The van der Waals surface area contributed by atoms with Crippen molar-refractivity contribution in [2.45, 2.75) is 33.6 Å². The molecule has 0 saturated carbocycles. The quantitative estimate of drug-likeness (QED) is 0.734. The van der Waals surface area contributed by atoms with Crippen LogP contribution in [0.4, 0.5) is 5.82 Å². The first-order valence-corrected chi connectivity index (χ1v) is 6.80. The standard InChI is InChI=1S/C14H25N3O2/c1-10(2)9-18-6-7-19-13-8-12(15-5)16-14(17-13)11(3)4/h8,10-11H,6-7,9H2,1-5H3,(H,15,16,17). The van der Waals surface area contributed by atoms with Crippen LogP contribution in [0.2, 0.25) is 0 Å². The minimum absolute atomic E-state index is 0.271. The minimum Gasteiger partial charge on any atom is -0.475 e. The predicted molar refractivity (Wildman–Crippen MR) is 76.8 cm³/mol. The molecule has 0 saturated heterocycles. The van der Waals surface area contributed by atoms with Gasteiger partial charge in [0.2, 0.25) is 5.88 Å². The second-order valence-electron chi connectivity index (χ2n) is 5.17. The van der Waals surface area contributed by atoms with Crippen LogP contribution < -0.4 is 10.1 Å². The molecule has 0 aliphatic heterocycles. The molecule has 5 nitrogen and oxygen atoms in total. The maximum atomic E-state index is 5.61. The Morgan fingerprint density at radius 3 is 2.47 bits per heavy atom. The number of nitrogens with one attached hydrogen (secondary N) is 1. The molecule has 0 aromatic carbocycles. The third-order valence-corrected chi connectivity index (χ3v) is 2.42. The van der Waals surface area contributed by atoms with Crippen molar-refractivity contribution in [1.29, 1.82) is 0 Å². The van der Waals surface area contributed by atoms with Gasteiger partial charge in [0, 0.05) is 25.6 Å². The highest BCUT2D eigenvalue weighted by Crippen LogP contribution is 2.18. The molecule has 0 radical (unpaired) electrons. The molecule has 1 N–H and O–H groups in total. The van der Waals surface area contributed by atoms with E-state index in [0.29, 0.717) is 25.0 Å². The van der Waals surface area contributed by atoms with Crippen LogP contribution in [-0.2, 0) is 4.74 Å². The van der Waals surface area contributed by atoms with Crippen molar-refractivity contribution in [3.05, 3.63) is 11.9 Å². The lowest BCUT2D eigenvalue weighted by molar-refractivity contribution is 0.0805. The van der Waals surface area contributed by atoms with E-state index in [1.165, 1.54) is 0 Å². The summed E-state index contributed by atoms with van der Waals surface area (Å²) in [6.45, 7) is 10.2. The van der Waals surface area contributed by atoms with Gasteiger partial charge in [-0.25, -0.2) is 4.98 Å². The first-order chi connectivity index (χ1) is 9.02. The van der Waals surface area contributed by atoms with Crippen molar-refractivity contribution in [2.24, 2.45) is 5.92 Å². The Hall–Kier alpha value is -1.36. The van der Waals surface area contributed by atoms with E-state index in [4.69, 9.17) is 9.47 Å². The van der Waals surface area contributed by atoms with Crippen LogP contribution in [0, 0.1) is 5.92 Å². The summed E-state index contributed by atoms with van der Waals surface area (Å²) in [7, 11) is 1.84. The summed E-state index contributed by atoms with van der Waals surface area (Å²) in [6.07, 6.45) is 0. The van der Waals surface area contributed by atoms with Gasteiger partial charge in [-0.15, -0.1) is 0 Å². The van der Waals surface area contributed by atoms with Gasteiger partial charge >= 0.3 is 0 Å². The molecule has 0 atom stereocenters. The maximum absolute atomic E-state index is 5.61. The van der Waals surface area contributed by atoms with Crippen LogP contribution in [-0.4, -0.2) is 36.8 Å². The second-order valence-corrected chi connectivity index (χ2v) is 5.17. The van der Waals surface area contributed by atoms with Gasteiger partial charge in [0.05, 0.1) is 6.61 Å². The summed E-state index contributed by atoms with van der Waals surface area (Å²) >= 11 is 0. The second kappa shape index (κ2) is 7.94. The average molecular weight is 267 g/mol. The van der Waals surface area contributed by atoms with E-state index < -0.39 is 0 Å². The number of rotatable bonds is 8. The Morgan fingerprint density at radius 2 is 1.89 bits per heavy atom. The summed E-state index contributed by atoms with van der Waals surface area (Å²) in [5, 5.41) is 3.02. The van der Waals surface area contributed by atoms with Crippen molar-refractivity contribution < 1.29 is 9.47 Å². The maximum Gasteiger partial charge on any atom is 0.218 e. The van der Waals surface area contributed by atoms with Gasteiger partial charge in [-0.1, -0.05) is 27.7 Å². The third kappa shape index (κ3) is 5.87. The molecule has 5 heteroatoms. The van der Waals surface area contributed by atoms with Gasteiger partial charge in [0.25, 0.3) is 0 Å². The lowest BCUT2D eigenvalue weighted by atomic mass is 10.2. The van der Waals surface area contributed by atoms with Crippen molar-refractivity contribution in [1.82, 2.24) is 9.97 Å². The Kier molecular flexibility index (Phi) is 6.56. The molecule has 1 aromatic rings. The molecule has 0 amide bonds. The smallest absolute Gasteiger partial charge is 0.218 e. The van der Waals surface area contributed by atoms with Gasteiger partial charge in [0.1, 0.15) is 18.2 Å². The summed E-state index contributed by atoms with van der Waals surface area (Å²) in [5.41, 5.74) is 0. The highest BCUT2D eigenvalue weighted by Gasteiger charge is 2.08. The molecule has 19 heavy (non-hydrogen) atoms. The largest absolute Gasteiger partial charge is 0.475 e. The zero-order valence-corrected chi connectivity index (χ0v) is 12.6. The monoisotopic (exact) mass is 267 g/mol. The minimum atomic E-state index is 0.271. The van der Waals surface area contributed by atoms with E-state index in [-0.39, 0.29) is 5.92 Å². The number of ether oxygens (including phenoxy) is 2. The van der Waals surface area contributed by atoms with Crippen LogP contribution in [0.25, 0.3) is 0 Å². The number of hydrogen-bond donors (Lipinski definition) is 1. The highest BCUT2D eigenvalue weighted by atomic mass is 16.5.